The van der Waals surface area contributed by atoms with Crippen molar-refractivity contribution in [3.05, 3.63) is 29.3 Å². The van der Waals surface area contributed by atoms with Gasteiger partial charge in [-0.05, 0) is 36.0 Å². The lowest BCUT2D eigenvalue weighted by molar-refractivity contribution is 0.778. The van der Waals surface area contributed by atoms with E-state index in [1.165, 1.54) is 11.8 Å². The predicted molar refractivity (Wildman–Crippen MR) is 126 cm³/mol. The molecule has 0 atom stereocenters. The van der Waals surface area contributed by atoms with E-state index < -0.39 is 0 Å². The molecule has 152 valence electrons. The van der Waals surface area contributed by atoms with Crippen LogP contribution in [0.2, 0.25) is 5.02 Å². The van der Waals surface area contributed by atoms with Crippen molar-refractivity contribution >= 4 is 58.8 Å². The van der Waals surface area contributed by atoms with Gasteiger partial charge in [0, 0.05) is 51.6 Å². The van der Waals surface area contributed by atoms with E-state index in [0.717, 1.165) is 52.8 Å². The van der Waals surface area contributed by atoms with Crippen LogP contribution in [0.3, 0.4) is 0 Å². The van der Waals surface area contributed by atoms with Gasteiger partial charge in [0.2, 0.25) is 11.9 Å². The smallest absolute Gasteiger partial charge is 0.231 e. The van der Waals surface area contributed by atoms with Gasteiger partial charge in [-0.2, -0.15) is 38.5 Å². The molecular weight excluding hydrogens is 430 g/mol. The number of nitrogens with one attached hydrogen (secondary N) is 1. The van der Waals surface area contributed by atoms with Gasteiger partial charge < -0.3 is 10.2 Å². The molecular formula is C19H26ClN5S3. The number of thioether (sulfide) groups is 2. The Morgan fingerprint density at radius 2 is 1.82 bits per heavy atom. The molecule has 1 aromatic heterocycles. The molecule has 0 saturated carbocycles. The fourth-order valence-electron chi connectivity index (χ4n) is 2.50. The Morgan fingerprint density at radius 3 is 2.50 bits per heavy atom. The molecule has 28 heavy (non-hydrogen) atoms. The minimum atomic E-state index is 0.257. The highest BCUT2D eigenvalue weighted by Gasteiger charge is 2.17. The van der Waals surface area contributed by atoms with Crippen molar-refractivity contribution in [2.75, 3.05) is 47.1 Å². The average Bonchev–Trinajstić information content (AvgIpc) is 2.67. The zero-order chi connectivity index (χ0) is 20.0. The standard InChI is InChI=1S/C19H26ClN5S3/c1-19(2,3)27-11-8-21-16-22-17(25-9-12-26-13-10-25)24-18(23-16)28-15-6-4-14(20)5-7-15/h4-7H,8-13H2,1-3H3,(H,21,22,23,24). The van der Waals surface area contributed by atoms with Crippen molar-refractivity contribution in [1.29, 1.82) is 0 Å². The van der Waals surface area contributed by atoms with Crippen molar-refractivity contribution < 1.29 is 0 Å². The fraction of sp³-hybridized carbons (Fsp3) is 0.526. The lowest BCUT2D eigenvalue weighted by Gasteiger charge is -2.26. The second-order valence-corrected chi connectivity index (χ2v) is 11.9. The molecule has 0 amide bonds. The van der Waals surface area contributed by atoms with E-state index in [-0.39, 0.29) is 4.75 Å². The maximum atomic E-state index is 6.00. The molecule has 5 nitrogen and oxygen atoms in total. The Labute approximate surface area is 185 Å². The van der Waals surface area contributed by atoms with Crippen LogP contribution in [0.1, 0.15) is 20.8 Å². The maximum absolute atomic E-state index is 6.00. The third-order valence-corrected chi connectivity index (χ3v) is 7.18. The largest absolute Gasteiger partial charge is 0.353 e. The molecule has 1 fully saturated rings. The molecule has 2 heterocycles. The lowest BCUT2D eigenvalue weighted by atomic mass is 10.3. The number of benzene rings is 1. The van der Waals surface area contributed by atoms with Crippen LogP contribution in [0, 0.1) is 0 Å². The van der Waals surface area contributed by atoms with Crippen molar-refractivity contribution in [3.8, 4) is 0 Å². The zero-order valence-electron chi connectivity index (χ0n) is 16.4. The molecule has 0 aliphatic carbocycles. The molecule has 2 aromatic rings. The van der Waals surface area contributed by atoms with Gasteiger partial charge in [0.25, 0.3) is 0 Å². The van der Waals surface area contributed by atoms with Gasteiger partial charge >= 0.3 is 0 Å². The van der Waals surface area contributed by atoms with Crippen LogP contribution >= 0.6 is 46.9 Å². The van der Waals surface area contributed by atoms with Crippen LogP contribution < -0.4 is 10.2 Å². The van der Waals surface area contributed by atoms with Gasteiger partial charge in [-0.3, -0.25) is 0 Å². The second-order valence-electron chi connectivity index (χ2n) is 7.28. The summed E-state index contributed by atoms with van der Waals surface area (Å²) in [5, 5.41) is 4.81. The SMILES string of the molecule is CC(C)(C)SCCNc1nc(Sc2ccc(Cl)cc2)nc(N2CCSCC2)n1. The van der Waals surface area contributed by atoms with E-state index >= 15 is 0 Å². The summed E-state index contributed by atoms with van der Waals surface area (Å²) in [6.45, 7) is 9.46. The van der Waals surface area contributed by atoms with Gasteiger partial charge in [-0.1, -0.05) is 32.4 Å². The zero-order valence-corrected chi connectivity index (χ0v) is 19.6. The van der Waals surface area contributed by atoms with Crippen molar-refractivity contribution in [1.82, 2.24) is 15.0 Å². The molecule has 0 bridgehead atoms. The first-order chi connectivity index (χ1) is 13.4. The molecule has 3 rings (SSSR count). The number of aromatic nitrogens is 3. The Kier molecular flexibility index (Phi) is 8.02. The predicted octanol–water partition coefficient (Wildman–Crippen LogP) is 5.17. The number of hydrogen-bond acceptors (Lipinski definition) is 8. The summed E-state index contributed by atoms with van der Waals surface area (Å²) in [5.74, 6) is 4.63. The minimum Gasteiger partial charge on any atom is -0.353 e. The fourth-order valence-corrected chi connectivity index (χ4v) is 5.09. The highest BCUT2D eigenvalue weighted by molar-refractivity contribution is 8.00. The Bertz CT molecular complexity index is 761. The van der Waals surface area contributed by atoms with Crippen LogP contribution in [-0.4, -0.2) is 56.6 Å². The maximum Gasteiger partial charge on any atom is 0.231 e. The molecule has 9 heteroatoms. The van der Waals surface area contributed by atoms with Gasteiger partial charge in [0.05, 0.1) is 0 Å². The lowest BCUT2D eigenvalue weighted by Crippen LogP contribution is -2.34. The summed E-state index contributed by atoms with van der Waals surface area (Å²) in [6, 6.07) is 7.75. The first-order valence-electron chi connectivity index (χ1n) is 9.29. The van der Waals surface area contributed by atoms with E-state index in [4.69, 9.17) is 16.6 Å². The molecule has 1 aromatic carbocycles. The van der Waals surface area contributed by atoms with Gasteiger partial charge in [0.15, 0.2) is 5.16 Å². The number of hydrogen-bond donors (Lipinski definition) is 1. The molecule has 1 N–H and O–H groups in total. The minimum absolute atomic E-state index is 0.257. The number of halogens is 1. The highest BCUT2D eigenvalue weighted by Crippen LogP contribution is 2.28. The third-order valence-electron chi connectivity index (χ3n) is 3.84. The highest BCUT2D eigenvalue weighted by atomic mass is 35.5. The summed E-state index contributed by atoms with van der Waals surface area (Å²) in [7, 11) is 0. The third kappa shape index (κ3) is 7.21. The summed E-state index contributed by atoms with van der Waals surface area (Å²) < 4.78 is 0.257. The van der Waals surface area contributed by atoms with Gasteiger partial charge in [-0.25, -0.2) is 0 Å². The summed E-state index contributed by atoms with van der Waals surface area (Å²) in [6.07, 6.45) is 0. The monoisotopic (exact) mass is 455 g/mol. The van der Waals surface area contributed by atoms with Crippen molar-refractivity contribution in [2.45, 2.75) is 35.6 Å². The molecule has 0 unspecified atom stereocenters. The number of nitrogens with zero attached hydrogens (tertiary/aromatic N) is 4. The summed E-state index contributed by atoms with van der Waals surface area (Å²) >= 11 is 11.4. The Balaban J connectivity index is 1.74. The van der Waals surface area contributed by atoms with Crippen LogP contribution in [0.5, 0.6) is 0 Å². The molecule has 1 saturated heterocycles. The van der Waals surface area contributed by atoms with E-state index in [1.807, 2.05) is 47.8 Å². The Hall–Kier alpha value is -0.830. The van der Waals surface area contributed by atoms with Crippen molar-refractivity contribution in [2.24, 2.45) is 0 Å². The molecule has 1 aliphatic rings. The summed E-state index contributed by atoms with van der Waals surface area (Å²) in [4.78, 5) is 17.4. The van der Waals surface area contributed by atoms with Crippen LogP contribution in [0.25, 0.3) is 0 Å². The summed E-state index contributed by atoms with van der Waals surface area (Å²) in [5.41, 5.74) is 0. The van der Waals surface area contributed by atoms with Crippen molar-refractivity contribution in [3.63, 3.8) is 0 Å². The normalized spacial score (nSPS) is 14.9. The van der Waals surface area contributed by atoms with Crippen LogP contribution in [0.15, 0.2) is 34.3 Å². The van der Waals surface area contributed by atoms with Crippen LogP contribution in [0.4, 0.5) is 11.9 Å². The van der Waals surface area contributed by atoms with Crippen LogP contribution in [-0.2, 0) is 0 Å². The Morgan fingerprint density at radius 1 is 1.11 bits per heavy atom. The quantitative estimate of drug-likeness (QED) is 0.573. The average molecular weight is 456 g/mol. The van der Waals surface area contributed by atoms with E-state index in [0.29, 0.717) is 11.1 Å². The first kappa shape index (κ1) is 21.9. The number of anilines is 2. The van der Waals surface area contributed by atoms with E-state index in [1.54, 1.807) is 0 Å². The molecule has 1 aliphatic heterocycles. The van der Waals surface area contributed by atoms with E-state index in [2.05, 4.69) is 41.0 Å². The van der Waals surface area contributed by atoms with Gasteiger partial charge in [-0.15, -0.1) is 0 Å². The number of rotatable bonds is 7. The topological polar surface area (TPSA) is 53.9 Å². The molecule has 0 radical (unpaired) electrons. The second kappa shape index (κ2) is 10.3. The molecule has 0 spiro atoms. The van der Waals surface area contributed by atoms with E-state index in [9.17, 15) is 0 Å². The van der Waals surface area contributed by atoms with Gasteiger partial charge in [0.1, 0.15) is 0 Å². The first-order valence-corrected chi connectivity index (χ1v) is 12.6.